The highest BCUT2D eigenvalue weighted by atomic mass is 127. The van der Waals surface area contributed by atoms with E-state index in [4.69, 9.17) is 4.74 Å². The molecule has 0 radical (unpaired) electrons. The van der Waals surface area contributed by atoms with Gasteiger partial charge in [-0.15, -0.1) is 0 Å². The van der Waals surface area contributed by atoms with E-state index in [2.05, 4.69) is 22.6 Å². The summed E-state index contributed by atoms with van der Waals surface area (Å²) in [4.78, 5) is 12.8. The summed E-state index contributed by atoms with van der Waals surface area (Å²) >= 11 is 7.88. The van der Waals surface area contributed by atoms with Gasteiger partial charge in [0.1, 0.15) is 15.7 Å². The van der Waals surface area contributed by atoms with E-state index < -0.39 is 26.6 Å². The lowest BCUT2D eigenvalue weighted by atomic mass is 9.54. The lowest BCUT2D eigenvalue weighted by Crippen LogP contribution is -2.52. The molecule has 0 N–H and O–H groups in total. The van der Waals surface area contributed by atoms with Crippen LogP contribution in [0.15, 0.2) is 4.90 Å². The second-order valence-corrected chi connectivity index (χ2v) is 13.5. The molecule has 4 aliphatic carbocycles. The molecule has 1 aromatic carbocycles. The lowest BCUT2D eigenvalue weighted by Gasteiger charge is -2.55. The topological polar surface area (TPSA) is 83.5 Å². The van der Waals surface area contributed by atoms with Gasteiger partial charge in [0.15, 0.2) is 0 Å². The van der Waals surface area contributed by atoms with Crippen molar-refractivity contribution in [3.8, 4) is 0 Å². The molecule has 1 aromatic rings. The Morgan fingerprint density at radius 1 is 0.889 bits per heavy atom. The van der Waals surface area contributed by atoms with Gasteiger partial charge in [0.05, 0.1) is 10.5 Å². The van der Waals surface area contributed by atoms with Crippen molar-refractivity contribution in [2.24, 2.45) is 17.8 Å². The predicted octanol–water partition coefficient (Wildman–Crippen LogP) is 5.13. The third-order valence-corrected chi connectivity index (χ3v) is 14.7. The monoisotopic (exact) mass is 839 g/mol. The van der Waals surface area contributed by atoms with E-state index in [0.29, 0.717) is 28.5 Å². The molecule has 5 nitrogen and oxygen atoms in total. The predicted molar refractivity (Wildman–Crippen MR) is 132 cm³/mol. The Balaban J connectivity index is 1.77. The fraction of sp³-hybridized carbons (Fsp3) is 0.588. The molecular weight excluding hydrogens is 824 g/mol. The molecule has 0 atom stereocenters. The minimum Gasteiger partial charge on any atom is -0.744 e. The molecule has 4 fully saturated rings. The molecule has 10 heteroatoms. The minimum absolute atomic E-state index is 0.0874. The van der Waals surface area contributed by atoms with Crippen molar-refractivity contribution in [2.45, 2.75) is 49.0 Å². The van der Waals surface area contributed by atoms with Crippen molar-refractivity contribution < 1.29 is 22.5 Å². The van der Waals surface area contributed by atoms with Gasteiger partial charge in [0.2, 0.25) is 0 Å². The van der Waals surface area contributed by atoms with Gasteiger partial charge in [-0.2, -0.15) is 0 Å². The average Bonchev–Trinajstić information content (AvgIpc) is 2.53. The molecule has 0 saturated heterocycles. The van der Waals surface area contributed by atoms with Crippen LogP contribution in [0, 0.1) is 32.0 Å². The van der Waals surface area contributed by atoms with Gasteiger partial charge in [-0.05, 0) is 147 Å². The van der Waals surface area contributed by atoms with E-state index in [-0.39, 0.29) is 5.56 Å². The van der Waals surface area contributed by atoms with Crippen LogP contribution < -0.4 is 0 Å². The Kier molecular flexibility index (Phi) is 6.11. The molecule has 148 valence electrons. The highest BCUT2D eigenvalue weighted by Crippen LogP contribution is 2.57. The number of ether oxygens (including phenoxy) is 1. The second kappa shape index (κ2) is 7.58. The van der Waals surface area contributed by atoms with Crippen molar-refractivity contribution in [3.05, 3.63) is 19.8 Å². The first-order valence-electron chi connectivity index (χ1n) is 8.56. The van der Waals surface area contributed by atoms with E-state index in [1.54, 1.807) is 0 Å². The SMILES string of the molecule is O=C(OC12CC3CC(CC(C3)C1)C2)c1c(I)c(I)c(I)c(I)c1S(=O)(=O)[O-]. The van der Waals surface area contributed by atoms with Crippen molar-refractivity contribution in [2.75, 3.05) is 0 Å². The third kappa shape index (κ3) is 3.93. The number of carbonyl (C=O) groups is 1. The summed E-state index contributed by atoms with van der Waals surface area (Å²) in [6.45, 7) is 0. The summed E-state index contributed by atoms with van der Waals surface area (Å²) in [6, 6.07) is 0. The zero-order valence-electron chi connectivity index (χ0n) is 13.9. The average molecular weight is 839 g/mol. The van der Waals surface area contributed by atoms with Crippen LogP contribution in [0.5, 0.6) is 0 Å². The highest BCUT2D eigenvalue weighted by molar-refractivity contribution is 14.1. The smallest absolute Gasteiger partial charge is 0.341 e. The number of esters is 1. The van der Waals surface area contributed by atoms with Crippen molar-refractivity contribution in [1.29, 1.82) is 0 Å². The lowest BCUT2D eigenvalue weighted by molar-refractivity contribution is -0.131. The van der Waals surface area contributed by atoms with Crippen LogP contribution in [0.3, 0.4) is 0 Å². The van der Waals surface area contributed by atoms with Crippen LogP contribution >= 0.6 is 90.4 Å². The van der Waals surface area contributed by atoms with Gasteiger partial charge in [0, 0.05) is 14.3 Å². The number of rotatable bonds is 3. The summed E-state index contributed by atoms with van der Waals surface area (Å²) in [5.41, 5.74) is -0.575. The van der Waals surface area contributed by atoms with Gasteiger partial charge < -0.3 is 9.29 Å². The quantitative estimate of drug-likeness (QED) is 0.139. The fourth-order valence-electron chi connectivity index (χ4n) is 5.43. The minimum atomic E-state index is -4.81. The van der Waals surface area contributed by atoms with Crippen LogP contribution in [0.1, 0.15) is 48.9 Å². The number of hydrogen-bond donors (Lipinski definition) is 0. The molecule has 0 spiro atoms. The normalized spacial score (nSPS) is 32.0. The Hall–Kier alpha value is 1.52. The van der Waals surface area contributed by atoms with Crippen LogP contribution in [0.2, 0.25) is 0 Å². The van der Waals surface area contributed by atoms with Crippen molar-refractivity contribution in [1.82, 2.24) is 0 Å². The zero-order chi connectivity index (χ0) is 19.7. The zero-order valence-corrected chi connectivity index (χ0v) is 23.4. The molecule has 0 amide bonds. The van der Waals surface area contributed by atoms with E-state index in [1.807, 2.05) is 67.8 Å². The van der Waals surface area contributed by atoms with E-state index in [0.717, 1.165) is 22.8 Å². The number of carbonyl (C=O) groups excluding carboxylic acids is 1. The van der Waals surface area contributed by atoms with Crippen LogP contribution in [-0.4, -0.2) is 24.5 Å². The van der Waals surface area contributed by atoms with Gasteiger partial charge in [-0.1, -0.05) is 0 Å². The molecule has 0 aliphatic heterocycles. The van der Waals surface area contributed by atoms with Crippen molar-refractivity contribution >= 4 is 106 Å². The molecule has 4 aliphatic rings. The number of benzene rings is 1. The van der Waals surface area contributed by atoms with Crippen LogP contribution in [0.4, 0.5) is 0 Å². The van der Waals surface area contributed by atoms with Crippen LogP contribution in [-0.2, 0) is 14.9 Å². The van der Waals surface area contributed by atoms with E-state index in [1.165, 1.54) is 19.3 Å². The first-order valence-corrected chi connectivity index (χ1v) is 14.3. The summed E-state index contributed by atoms with van der Waals surface area (Å²) < 4.78 is 44.2. The fourth-order valence-corrected chi connectivity index (χ4v) is 10.8. The Morgan fingerprint density at radius 3 is 1.78 bits per heavy atom. The van der Waals surface area contributed by atoms with Crippen molar-refractivity contribution in [3.63, 3.8) is 0 Å². The summed E-state index contributed by atoms with van der Waals surface area (Å²) in [5, 5.41) is 0. The standard InChI is InChI=1S/C17H16I4O5S/c18-11-10(15(27(23,24)25)14(21)13(20)12(11)19)16(22)26-17-4-7-1-8(5-17)3-9(2-7)6-17/h7-9H,1-6H2,(H,23,24,25)/p-1. The maximum Gasteiger partial charge on any atom is 0.341 e. The Labute approximate surface area is 212 Å². The molecule has 0 heterocycles. The number of halogens is 4. The summed E-state index contributed by atoms with van der Waals surface area (Å²) in [5.74, 6) is 1.14. The largest absolute Gasteiger partial charge is 0.744 e. The number of hydrogen-bond acceptors (Lipinski definition) is 5. The maximum atomic E-state index is 13.2. The summed E-state index contributed by atoms with van der Waals surface area (Å²) in [7, 11) is -4.81. The Morgan fingerprint density at radius 2 is 1.33 bits per heavy atom. The maximum absolute atomic E-state index is 13.2. The summed E-state index contributed by atoms with van der Waals surface area (Å²) in [6.07, 6.45) is 6.23. The van der Waals surface area contributed by atoms with E-state index >= 15 is 0 Å². The second-order valence-electron chi connectivity index (χ2n) is 7.90. The first kappa shape index (κ1) is 21.7. The highest BCUT2D eigenvalue weighted by Gasteiger charge is 2.53. The van der Waals surface area contributed by atoms with Crippen LogP contribution in [0.25, 0.3) is 0 Å². The molecule has 0 unspecified atom stereocenters. The van der Waals surface area contributed by atoms with Gasteiger partial charge >= 0.3 is 5.97 Å². The first-order chi connectivity index (χ1) is 12.5. The van der Waals surface area contributed by atoms with Gasteiger partial charge in [-0.3, -0.25) is 0 Å². The molecular formula is C17H15I4O5S-. The molecule has 4 bridgehead atoms. The molecule has 27 heavy (non-hydrogen) atoms. The molecule has 0 aromatic heterocycles. The van der Waals surface area contributed by atoms with Gasteiger partial charge in [0.25, 0.3) is 0 Å². The third-order valence-electron chi connectivity index (χ3n) is 5.97. The Bertz CT molecular complexity index is 908. The van der Waals surface area contributed by atoms with E-state index in [9.17, 15) is 17.8 Å². The molecule has 4 saturated carbocycles. The molecule has 5 rings (SSSR count). The van der Waals surface area contributed by atoms with Gasteiger partial charge in [-0.25, -0.2) is 13.2 Å².